The Morgan fingerprint density at radius 2 is 1.88 bits per heavy atom. The van der Waals surface area contributed by atoms with E-state index >= 15 is 0 Å². The lowest BCUT2D eigenvalue weighted by Crippen LogP contribution is -2.53. The molecule has 136 valence electrons. The first kappa shape index (κ1) is 19.0. The third-order valence-corrected chi connectivity index (χ3v) is 5.52. The van der Waals surface area contributed by atoms with Gasteiger partial charge in [0.1, 0.15) is 0 Å². The SMILES string of the molecule is Cc1nn(C)c(C)c1CC(C)C(=O)NCC(C)(C)N1CCCCC1. The molecule has 0 spiro atoms. The van der Waals surface area contributed by atoms with Gasteiger partial charge in [0.25, 0.3) is 0 Å². The molecule has 1 saturated heterocycles. The predicted octanol–water partition coefficient (Wildman–Crippen LogP) is 2.60. The zero-order valence-electron chi connectivity index (χ0n) is 16.3. The molecule has 1 amide bonds. The summed E-state index contributed by atoms with van der Waals surface area (Å²) in [5, 5.41) is 7.63. The monoisotopic (exact) mass is 334 g/mol. The van der Waals surface area contributed by atoms with Gasteiger partial charge in [-0.1, -0.05) is 13.3 Å². The molecule has 1 aliphatic heterocycles. The van der Waals surface area contributed by atoms with Crippen molar-refractivity contribution in [3.05, 3.63) is 17.0 Å². The average Bonchev–Trinajstić information content (AvgIpc) is 2.79. The first-order chi connectivity index (χ1) is 11.2. The normalized spacial score (nSPS) is 17.8. The van der Waals surface area contributed by atoms with E-state index in [1.807, 2.05) is 25.6 Å². The number of aryl methyl sites for hydroxylation is 2. The maximum absolute atomic E-state index is 12.5. The third-order valence-electron chi connectivity index (χ3n) is 5.52. The smallest absolute Gasteiger partial charge is 0.223 e. The van der Waals surface area contributed by atoms with Crippen molar-refractivity contribution in [2.45, 2.75) is 65.8 Å². The molecule has 5 heteroatoms. The van der Waals surface area contributed by atoms with Gasteiger partial charge in [-0.25, -0.2) is 0 Å². The van der Waals surface area contributed by atoms with Crippen molar-refractivity contribution in [2.75, 3.05) is 19.6 Å². The highest BCUT2D eigenvalue weighted by Crippen LogP contribution is 2.21. The van der Waals surface area contributed by atoms with E-state index in [1.54, 1.807) is 0 Å². The highest BCUT2D eigenvalue weighted by atomic mass is 16.1. The first-order valence-electron chi connectivity index (χ1n) is 9.24. The van der Waals surface area contributed by atoms with E-state index in [-0.39, 0.29) is 17.4 Å². The molecule has 1 aromatic heterocycles. The van der Waals surface area contributed by atoms with Crippen LogP contribution in [0.3, 0.4) is 0 Å². The molecule has 1 aliphatic rings. The van der Waals surface area contributed by atoms with Crippen molar-refractivity contribution in [2.24, 2.45) is 13.0 Å². The molecule has 1 aromatic rings. The summed E-state index contributed by atoms with van der Waals surface area (Å²) >= 11 is 0. The third kappa shape index (κ3) is 4.38. The topological polar surface area (TPSA) is 50.2 Å². The van der Waals surface area contributed by atoms with E-state index in [0.717, 1.165) is 30.9 Å². The molecule has 1 unspecified atom stereocenters. The first-order valence-corrected chi connectivity index (χ1v) is 9.24. The van der Waals surface area contributed by atoms with Crippen LogP contribution in [0, 0.1) is 19.8 Å². The quantitative estimate of drug-likeness (QED) is 0.870. The molecule has 0 aliphatic carbocycles. The minimum Gasteiger partial charge on any atom is -0.354 e. The summed E-state index contributed by atoms with van der Waals surface area (Å²) in [4.78, 5) is 15.1. The van der Waals surface area contributed by atoms with Gasteiger partial charge in [-0.3, -0.25) is 14.4 Å². The van der Waals surface area contributed by atoms with Crippen LogP contribution in [0.25, 0.3) is 0 Å². The van der Waals surface area contributed by atoms with Gasteiger partial charge in [0, 0.05) is 30.7 Å². The molecule has 24 heavy (non-hydrogen) atoms. The largest absolute Gasteiger partial charge is 0.354 e. The Kier molecular flexibility index (Phi) is 6.07. The number of likely N-dealkylation sites (tertiary alicyclic amines) is 1. The minimum atomic E-state index is -0.0382. The number of nitrogens with one attached hydrogen (secondary N) is 1. The number of amides is 1. The number of hydrogen-bond donors (Lipinski definition) is 1. The molecule has 1 N–H and O–H groups in total. The molecule has 1 fully saturated rings. The van der Waals surface area contributed by atoms with Gasteiger partial charge >= 0.3 is 0 Å². The number of rotatable bonds is 6. The highest BCUT2D eigenvalue weighted by Gasteiger charge is 2.29. The van der Waals surface area contributed by atoms with E-state index < -0.39 is 0 Å². The van der Waals surface area contributed by atoms with Crippen molar-refractivity contribution in [1.29, 1.82) is 0 Å². The van der Waals surface area contributed by atoms with Gasteiger partial charge in [-0.2, -0.15) is 5.10 Å². The van der Waals surface area contributed by atoms with Crippen molar-refractivity contribution in [3.63, 3.8) is 0 Å². The van der Waals surface area contributed by atoms with Crippen LogP contribution >= 0.6 is 0 Å². The van der Waals surface area contributed by atoms with Gasteiger partial charge in [0.05, 0.1) is 5.69 Å². The number of carbonyl (C=O) groups excluding carboxylic acids is 1. The molecule has 0 bridgehead atoms. The van der Waals surface area contributed by atoms with E-state index in [9.17, 15) is 4.79 Å². The van der Waals surface area contributed by atoms with Crippen LogP contribution < -0.4 is 5.32 Å². The van der Waals surface area contributed by atoms with Crippen LogP contribution in [0.4, 0.5) is 0 Å². The predicted molar refractivity (Wildman–Crippen MR) is 98.1 cm³/mol. The fraction of sp³-hybridized carbons (Fsp3) is 0.789. The van der Waals surface area contributed by atoms with Gasteiger partial charge in [-0.05, 0) is 65.6 Å². The Labute approximate surface area is 146 Å². The summed E-state index contributed by atoms with van der Waals surface area (Å²) in [6.07, 6.45) is 4.63. The van der Waals surface area contributed by atoms with Gasteiger partial charge in [-0.15, -0.1) is 0 Å². The molecule has 2 heterocycles. The molecular formula is C19H34N4O. The van der Waals surface area contributed by atoms with Crippen LogP contribution in [-0.4, -0.2) is 45.8 Å². The van der Waals surface area contributed by atoms with Crippen LogP contribution in [0.1, 0.15) is 57.0 Å². The van der Waals surface area contributed by atoms with E-state index in [4.69, 9.17) is 0 Å². The summed E-state index contributed by atoms with van der Waals surface area (Å²) in [7, 11) is 1.96. The second-order valence-corrected chi connectivity index (χ2v) is 7.96. The standard InChI is InChI=1S/C19H34N4O/c1-14(12-17-15(2)21-22(6)16(17)3)18(24)20-13-19(4,5)23-10-8-7-9-11-23/h14H,7-13H2,1-6H3,(H,20,24). The highest BCUT2D eigenvalue weighted by molar-refractivity contribution is 5.78. The zero-order chi connectivity index (χ0) is 17.9. The molecule has 5 nitrogen and oxygen atoms in total. The van der Waals surface area contributed by atoms with E-state index in [1.165, 1.54) is 24.8 Å². The van der Waals surface area contributed by atoms with E-state index in [0.29, 0.717) is 6.54 Å². The second kappa shape index (κ2) is 7.68. The summed E-state index contributed by atoms with van der Waals surface area (Å²) in [6, 6.07) is 0. The zero-order valence-corrected chi connectivity index (χ0v) is 16.3. The Hall–Kier alpha value is -1.36. The van der Waals surface area contributed by atoms with Crippen LogP contribution in [0.2, 0.25) is 0 Å². The summed E-state index contributed by atoms with van der Waals surface area (Å²) in [5.41, 5.74) is 3.41. The fourth-order valence-electron chi connectivity index (χ4n) is 3.60. The lowest BCUT2D eigenvalue weighted by molar-refractivity contribution is -0.125. The Morgan fingerprint density at radius 1 is 1.25 bits per heavy atom. The van der Waals surface area contributed by atoms with Crippen LogP contribution in [-0.2, 0) is 18.3 Å². The Balaban J connectivity index is 1.89. The van der Waals surface area contributed by atoms with Crippen molar-refractivity contribution in [3.8, 4) is 0 Å². The number of aromatic nitrogens is 2. The van der Waals surface area contributed by atoms with Crippen LogP contribution in [0.5, 0.6) is 0 Å². The molecule has 2 rings (SSSR count). The molecular weight excluding hydrogens is 300 g/mol. The van der Waals surface area contributed by atoms with Crippen LogP contribution in [0.15, 0.2) is 0 Å². The lowest BCUT2D eigenvalue weighted by atomic mass is 9.96. The molecule has 0 radical (unpaired) electrons. The average molecular weight is 335 g/mol. The number of nitrogens with zero attached hydrogens (tertiary/aromatic N) is 3. The van der Waals surface area contributed by atoms with Gasteiger partial charge < -0.3 is 5.32 Å². The van der Waals surface area contributed by atoms with E-state index in [2.05, 4.69) is 36.1 Å². The number of carbonyl (C=O) groups is 1. The maximum Gasteiger partial charge on any atom is 0.223 e. The number of piperidine rings is 1. The Bertz CT molecular complexity index is 570. The summed E-state index contributed by atoms with van der Waals surface area (Å²) < 4.78 is 1.90. The molecule has 0 saturated carbocycles. The summed E-state index contributed by atoms with van der Waals surface area (Å²) in [6.45, 7) is 13.6. The van der Waals surface area contributed by atoms with Crippen molar-refractivity contribution >= 4 is 5.91 Å². The lowest BCUT2D eigenvalue weighted by Gasteiger charge is -2.41. The van der Waals surface area contributed by atoms with Gasteiger partial charge in [0.15, 0.2) is 0 Å². The van der Waals surface area contributed by atoms with Crippen molar-refractivity contribution in [1.82, 2.24) is 20.0 Å². The minimum absolute atomic E-state index is 0.0237. The molecule has 1 atom stereocenters. The second-order valence-electron chi connectivity index (χ2n) is 7.96. The fourth-order valence-corrected chi connectivity index (χ4v) is 3.60. The molecule has 0 aromatic carbocycles. The van der Waals surface area contributed by atoms with Crippen molar-refractivity contribution < 1.29 is 4.79 Å². The maximum atomic E-state index is 12.5. The number of hydrogen-bond acceptors (Lipinski definition) is 3. The Morgan fingerprint density at radius 3 is 2.42 bits per heavy atom. The summed E-state index contributed by atoms with van der Waals surface area (Å²) in [5.74, 6) is 0.103. The van der Waals surface area contributed by atoms with Gasteiger partial charge in [0.2, 0.25) is 5.91 Å².